The molecule has 0 saturated carbocycles. The molecule has 3 nitrogen and oxygen atoms in total. The van der Waals surface area contributed by atoms with Crippen molar-refractivity contribution in [3.63, 3.8) is 0 Å². The van der Waals surface area contributed by atoms with E-state index in [1.807, 2.05) is 43.3 Å². The molecule has 0 spiro atoms. The average molecular weight is 294 g/mol. The number of rotatable bonds is 6. The van der Waals surface area contributed by atoms with Crippen molar-refractivity contribution < 1.29 is 14.3 Å². The molecule has 0 radical (unpaired) electrons. The van der Waals surface area contributed by atoms with E-state index < -0.39 is 5.97 Å². The van der Waals surface area contributed by atoms with E-state index in [0.717, 1.165) is 5.56 Å². The third-order valence-electron chi connectivity index (χ3n) is 3.22. The van der Waals surface area contributed by atoms with Crippen molar-refractivity contribution >= 4 is 11.8 Å². The zero-order chi connectivity index (χ0) is 15.8. The van der Waals surface area contributed by atoms with Crippen molar-refractivity contribution in [3.8, 4) is 0 Å². The largest absolute Gasteiger partial charge is 0.457 e. The van der Waals surface area contributed by atoms with Crippen LogP contribution in [0.4, 0.5) is 0 Å². The first-order chi connectivity index (χ1) is 10.7. The highest BCUT2D eigenvalue weighted by molar-refractivity contribution is 6.08. The predicted octanol–water partition coefficient (Wildman–Crippen LogP) is 3.95. The Morgan fingerprint density at radius 1 is 0.955 bits per heavy atom. The molecule has 2 aromatic rings. The molecule has 0 aliphatic rings. The van der Waals surface area contributed by atoms with Gasteiger partial charge in [-0.15, -0.1) is 0 Å². The summed E-state index contributed by atoms with van der Waals surface area (Å²) in [7, 11) is 0. The molecule has 0 N–H and O–H groups in total. The van der Waals surface area contributed by atoms with Crippen LogP contribution in [0, 0.1) is 0 Å². The number of benzene rings is 2. The van der Waals surface area contributed by atoms with Gasteiger partial charge < -0.3 is 4.74 Å². The number of esters is 1. The van der Waals surface area contributed by atoms with Crippen LogP contribution in [0.5, 0.6) is 0 Å². The first kappa shape index (κ1) is 15.7. The van der Waals surface area contributed by atoms with Gasteiger partial charge in [-0.3, -0.25) is 4.79 Å². The first-order valence-corrected chi connectivity index (χ1v) is 7.21. The summed E-state index contributed by atoms with van der Waals surface area (Å²) in [5, 5.41) is 0. The van der Waals surface area contributed by atoms with Gasteiger partial charge in [0.2, 0.25) is 0 Å². The molecule has 0 bridgehead atoms. The number of hydrogen-bond acceptors (Lipinski definition) is 3. The topological polar surface area (TPSA) is 43.4 Å². The van der Waals surface area contributed by atoms with E-state index in [0.29, 0.717) is 17.6 Å². The van der Waals surface area contributed by atoms with Gasteiger partial charge in [-0.25, -0.2) is 4.79 Å². The highest BCUT2D eigenvalue weighted by atomic mass is 16.5. The summed E-state index contributed by atoms with van der Waals surface area (Å²) < 4.78 is 5.26. The molecule has 0 heterocycles. The van der Waals surface area contributed by atoms with E-state index >= 15 is 0 Å². The van der Waals surface area contributed by atoms with Crippen molar-refractivity contribution in [3.05, 3.63) is 83.4 Å². The van der Waals surface area contributed by atoms with Gasteiger partial charge >= 0.3 is 5.97 Å². The number of allylic oxidation sites excluding steroid dienone is 1. The number of ether oxygens (including phenoxy) is 1. The Hall–Kier alpha value is -2.68. The summed E-state index contributed by atoms with van der Waals surface area (Å²) in [6.45, 7) is 2.03. The van der Waals surface area contributed by atoms with E-state index in [-0.39, 0.29) is 12.4 Å². The molecular formula is C19H18O3. The molecule has 0 aromatic heterocycles. The molecule has 112 valence electrons. The van der Waals surface area contributed by atoms with E-state index in [1.54, 1.807) is 24.3 Å². The molecule has 0 atom stereocenters. The van der Waals surface area contributed by atoms with E-state index in [2.05, 4.69) is 0 Å². The van der Waals surface area contributed by atoms with Gasteiger partial charge in [-0.05, 0) is 18.1 Å². The Labute approximate surface area is 130 Å². The fraction of sp³-hybridized carbons (Fsp3) is 0.158. The maximum Gasteiger partial charge on any atom is 0.334 e. The maximum atomic E-state index is 12.1. The number of carbonyl (C=O) groups excluding carboxylic acids is 2. The van der Waals surface area contributed by atoms with Gasteiger partial charge in [-0.1, -0.05) is 67.6 Å². The first-order valence-electron chi connectivity index (χ1n) is 7.21. The zero-order valence-electron chi connectivity index (χ0n) is 12.5. The van der Waals surface area contributed by atoms with Gasteiger partial charge in [0.25, 0.3) is 0 Å². The van der Waals surface area contributed by atoms with Crippen molar-refractivity contribution in [2.45, 2.75) is 20.0 Å². The lowest BCUT2D eigenvalue weighted by Crippen LogP contribution is -2.09. The third-order valence-corrected chi connectivity index (χ3v) is 3.22. The van der Waals surface area contributed by atoms with Crippen LogP contribution in [0.2, 0.25) is 0 Å². The van der Waals surface area contributed by atoms with Gasteiger partial charge in [0, 0.05) is 11.1 Å². The fourth-order valence-electron chi connectivity index (χ4n) is 1.97. The van der Waals surface area contributed by atoms with Crippen LogP contribution in [0.3, 0.4) is 0 Å². The molecule has 22 heavy (non-hydrogen) atoms. The second-order valence-corrected chi connectivity index (χ2v) is 4.82. The van der Waals surface area contributed by atoms with Crippen LogP contribution in [0.1, 0.15) is 29.3 Å². The third kappa shape index (κ3) is 4.42. The Kier molecular flexibility index (Phi) is 5.66. The van der Waals surface area contributed by atoms with Crippen molar-refractivity contribution in [1.82, 2.24) is 0 Å². The van der Waals surface area contributed by atoms with Crippen LogP contribution >= 0.6 is 0 Å². The predicted molar refractivity (Wildman–Crippen MR) is 85.4 cm³/mol. The normalized spacial score (nSPS) is 11.0. The second-order valence-electron chi connectivity index (χ2n) is 4.82. The minimum Gasteiger partial charge on any atom is -0.457 e. The van der Waals surface area contributed by atoms with Gasteiger partial charge in [0.1, 0.15) is 6.61 Å². The molecule has 0 fully saturated rings. The lowest BCUT2D eigenvalue weighted by molar-refractivity contribution is -0.140. The smallest absolute Gasteiger partial charge is 0.334 e. The van der Waals surface area contributed by atoms with Gasteiger partial charge in [-0.2, -0.15) is 0 Å². The minimum absolute atomic E-state index is 0.186. The van der Waals surface area contributed by atoms with E-state index in [9.17, 15) is 9.59 Å². The molecule has 2 rings (SSSR count). The Balaban J connectivity index is 2.02. The lowest BCUT2D eigenvalue weighted by Gasteiger charge is -2.07. The second kappa shape index (κ2) is 7.93. The number of hydrogen-bond donors (Lipinski definition) is 0. The lowest BCUT2D eigenvalue weighted by atomic mass is 10.1. The summed E-state index contributed by atoms with van der Waals surface area (Å²) in [6.07, 6.45) is 1.81. The molecule has 0 aliphatic heterocycles. The Morgan fingerprint density at radius 3 is 2.14 bits per heavy atom. The maximum absolute atomic E-state index is 12.1. The standard InChI is InChI=1S/C19H18O3/c1-2-16(13-18(20)17-11-7-4-8-12-17)19(21)22-14-15-9-5-3-6-10-15/h3-13H,2,14H2,1H3/b16-13+. The molecule has 2 aromatic carbocycles. The fourth-order valence-corrected chi connectivity index (χ4v) is 1.97. The summed E-state index contributed by atoms with van der Waals surface area (Å²) in [5.41, 5.74) is 1.86. The van der Waals surface area contributed by atoms with Crippen LogP contribution in [0.25, 0.3) is 0 Å². The Morgan fingerprint density at radius 2 is 1.55 bits per heavy atom. The highest BCUT2D eigenvalue weighted by Crippen LogP contribution is 2.10. The van der Waals surface area contributed by atoms with Crippen molar-refractivity contribution in [2.24, 2.45) is 0 Å². The summed E-state index contributed by atoms with van der Waals surface area (Å²) >= 11 is 0. The quantitative estimate of drug-likeness (QED) is 0.460. The number of ketones is 1. The molecular weight excluding hydrogens is 276 g/mol. The summed E-state index contributed by atoms with van der Waals surface area (Å²) in [5.74, 6) is -0.634. The van der Waals surface area contributed by atoms with Gasteiger partial charge in [0.15, 0.2) is 5.78 Å². The SMILES string of the molecule is CC/C(=C\C(=O)c1ccccc1)C(=O)OCc1ccccc1. The monoisotopic (exact) mass is 294 g/mol. The van der Waals surface area contributed by atoms with Crippen molar-refractivity contribution in [1.29, 1.82) is 0 Å². The van der Waals surface area contributed by atoms with Crippen molar-refractivity contribution in [2.75, 3.05) is 0 Å². The van der Waals surface area contributed by atoms with Crippen LogP contribution in [-0.2, 0) is 16.1 Å². The van der Waals surface area contributed by atoms with Gasteiger partial charge in [0.05, 0.1) is 0 Å². The van der Waals surface area contributed by atoms with E-state index in [4.69, 9.17) is 4.74 Å². The van der Waals surface area contributed by atoms with Crippen LogP contribution in [0.15, 0.2) is 72.3 Å². The van der Waals surface area contributed by atoms with E-state index in [1.165, 1.54) is 6.08 Å². The minimum atomic E-state index is -0.448. The molecule has 0 unspecified atom stereocenters. The van der Waals surface area contributed by atoms with Crippen LogP contribution < -0.4 is 0 Å². The Bertz CT molecular complexity index is 658. The highest BCUT2D eigenvalue weighted by Gasteiger charge is 2.12. The molecule has 0 saturated heterocycles. The summed E-state index contributed by atoms with van der Waals surface area (Å²) in [4.78, 5) is 24.2. The average Bonchev–Trinajstić information content (AvgIpc) is 2.59. The molecule has 0 amide bonds. The number of carbonyl (C=O) groups is 2. The molecule has 3 heteroatoms. The van der Waals surface area contributed by atoms with Crippen LogP contribution in [-0.4, -0.2) is 11.8 Å². The summed E-state index contributed by atoms with van der Waals surface area (Å²) in [6, 6.07) is 18.3. The zero-order valence-corrected chi connectivity index (χ0v) is 12.5. The molecule has 0 aliphatic carbocycles.